The van der Waals surface area contributed by atoms with Gasteiger partial charge in [0.05, 0.1) is 6.04 Å². The van der Waals surface area contributed by atoms with Crippen molar-refractivity contribution in [1.82, 2.24) is 10.3 Å². The number of nitrogens with zero attached hydrogens (tertiary/aromatic N) is 1. The number of carbonyl (C=O) groups is 1. The van der Waals surface area contributed by atoms with E-state index in [0.29, 0.717) is 11.5 Å². The van der Waals surface area contributed by atoms with Gasteiger partial charge in [-0.1, -0.05) is 45.0 Å². The van der Waals surface area contributed by atoms with E-state index in [1.807, 2.05) is 0 Å². The number of aryl methyl sites for hydroxylation is 1. The Morgan fingerprint density at radius 1 is 1.10 bits per heavy atom. The number of hydrogen-bond donors (Lipinski definition) is 1. The summed E-state index contributed by atoms with van der Waals surface area (Å²) >= 11 is 0. The zero-order chi connectivity index (χ0) is 15.2. The number of benzene rings is 1. The molecule has 0 aliphatic rings. The largest absolute Gasteiger partial charge is 0.345 e. The van der Waals surface area contributed by atoms with E-state index in [1.54, 1.807) is 24.5 Å². The summed E-state index contributed by atoms with van der Waals surface area (Å²) in [6.07, 6.45) is 4.29. The zero-order valence-corrected chi connectivity index (χ0v) is 12.8. The third-order valence-corrected chi connectivity index (χ3v) is 3.64. The highest BCUT2D eigenvalue weighted by Gasteiger charge is 2.19. The highest BCUT2D eigenvalue weighted by atomic mass is 16.1. The number of amides is 1. The molecular weight excluding hydrogens is 260 g/mol. The van der Waals surface area contributed by atoms with Gasteiger partial charge in [-0.15, -0.1) is 0 Å². The van der Waals surface area contributed by atoms with Crippen LogP contribution in [0.25, 0.3) is 0 Å². The quantitative estimate of drug-likeness (QED) is 0.907. The van der Waals surface area contributed by atoms with E-state index >= 15 is 0 Å². The van der Waals surface area contributed by atoms with Crippen molar-refractivity contribution in [3.05, 3.63) is 65.5 Å². The van der Waals surface area contributed by atoms with Crippen molar-refractivity contribution in [2.45, 2.75) is 33.2 Å². The molecule has 1 aromatic heterocycles. The van der Waals surface area contributed by atoms with E-state index < -0.39 is 0 Å². The lowest BCUT2D eigenvalue weighted by atomic mass is 9.94. The molecule has 3 heteroatoms. The van der Waals surface area contributed by atoms with Crippen molar-refractivity contribution >= 4 is 5.91 Å². The van der Waals surface area contributed by atoms with Crippen LogP contribution in [0.15, 0.2) is 48.8 Å². The Labute approximate surface area is 126 Å². The van der Waals surface area contributed by atoms with E-state index in [2.05, 4.69) is 55.3 Å². The van der Waals surface area contributed by atoms with Gasteiger partial charge in [-0.25, -0.2) is 0 Å². The van der Waals surface area contributed by atoms with Crippen LogP contribution >= 0.6 is 0 Å². The second-order valence-electron chi connectivity index (χ2n) is 5.53. The topological polar surface area (TPSA) is 42.0 Å². The van der Waals surface area contributed by atoms with Crippen LogP contribution in [-0.2, 0) is 6.42 Å². The van der Waals surface area contributed by atoms with Gasteiger partial charge in [-0.05, 0) is 35.6 Å². The highest BCUT2D eigenvalue weighted by Crippen LogP contribution is 2.22. The number of carbonyl (C=O) groups excluding carboxylic acids is 1. The van der Waals surface area contributed by atoms with Gasteiger partial charge in [-0.3, -0.25) is 9.78 Å². The van der Waals surface area contributed by atoms with E-state index in [1.165, 1.54) is 5.56 Å². The average Bonchev–Trinajstić information content (AvgIpc) is 2.53. The second-order valence-corrected chi connectivity index (χ2v) is 5.53. The van der Waals surface area contributed by atoms with Gasteiger partial charge in [0.25, 0.3) is 5.91 Å². The highest BCUT2D eigenvalue weighted by molar-refractivity contribution is 5.94. The Bertz CT molecular complexity index is 576. The van der Waals surface area contributed by atoms with E-state index in [0.717, 1.165) is 12.0 Å². The van der Waals surface area contributed by atoms with E-state index in [4.69, 9.17) is 0 Å². The lowest BCUT2D eigenvalue weighted by molar-refractivity contribution is 0.0925. The molecule has 0 aliphatic carbocycles. The molecule has 2 rings (SSSR count). The molecular formula is C18H22N2O. The van der Waals surface area contributed by atoms with Crippen molar-refractivity contribution in [1.29, 1.82) is 0 Å². The smallest absolute Gasteiger partial charge is 0.251 e. The molecule has 1 N–H and O–H groups in total. The van der Waals surface area contributed by atoms with Crippen LogP contribution in [0.2, 0.25) is 0 Å². The number of hydrogen-bond acceptors (Lipinski definition) is 2. The lowest BCUT2D eigenvalue weighted by Crippen LogP contribution is -2.31. The molecule has 2 aromatic rings. The minimum absolute atomic E-state index is 0.0107. The third kappa shape index (κ3) is 3.91. The van der Waals surface area contributed by atoms with E-state index in [-0.39, 0.29) is 11.9 Å². The third-order valence-electron chi connectivity index (χ3n) is 3.64. The van der Waals surface area contributed by atoms with Gasteiger partial charge in [0.15, 0.2) is 0 Å². The first-order valence-corrected chi connectivity index (χ1v) is 7.41. The maximum atomic E-state index is 12.3. The summed E-state index contributed by atoms with van der Waals surface area (Å²) in [5, 5.41) is 3.12. The predicted molar refractivity (Wildman–Crippen MR) is 85.1 cm³/mol. The molecule has 1 atom stereocenters. The first-order valence-electron chi connectivity index (χ1n) is 7.41. The minimum Gasteiger partial charge on any atom is -0.345 e. The van der Waals surface area contributed by atoms with Crippen LogP contribution in [0.5, 0.6) is 0 Å². The summed E-state index contributed by atoms with van der Waals surface area (Å²) in [5.41, 5.74) is 3.09. The number of nitrogens with one attached hydrogen (secondary N) is 1. The molecule has 1 unspecified atom stereocenters. The average molecular weight is 282 g/mol. The van der Waals surface area contributed by atoms with Gasteiger partial charge < -0.3 is 5.32 Å². The van der Waals surface area contributed by atoms with Crippen molar-refractivity contribution < 1.29 is 4.79 Å². The molecule has 0 radical (unpaired) electrons. The maximum Gasteiger partial charge on any atom is 0.251 e. The van der Waals surface area contributed by atoms with Crippen LogP contribution < -0.4 is 5.32 Å². The number of rotatable bonds is 5. The standard InChI is InChI=1S/C18H22N2O/c1-4-14-5-7-15(8-6-14)17(13(2)3)20-18(21)16-9-11-19-12-10-16/h5-13,17H,4H2,1-3H3,(H,20,21). The van der Waals surface area contributed by atoms with Gasteiger partial charge >= 0.3 is 0 Å². The molecule has 3 nitrogen and oxygen atoms in total. The monoisotopic (exact) mass is 282 g/mol. The summed E-state index contributed by atoms with van der Waals surface area (Å²) in [7, 11) is 0. The van der Waals surface area contributed by atoms with Crippen LogP contribution in [0.3, 0.4) is 0 Å². The van der Waals surface area contributed by atoms with Crippen molar-refractivity contribution in [3.63, 3.8) is 0 Å². The zero-order valence-electron chi connectivity index (χ0n) is 12.8. The fraction of sp³-hybridized carbons (Fsp3) is 0.333. The Balaban J connectivity index is 2.17. The summed E-state index contributed by atoms with van der Waals surface area (Å²) in [6, 6.07) is 11.9. The Morgan fingerprint density at radius 2 is 1.71 bits per heavy atom. The molecule has 21 heavy (non-hydrogen) atoms. The normalized spacial score (nSPS) is 12.2. The van der Waals surface area contributed by atoms with Gasteiger partial charge in [0.1, 0.15) is 0 Å². The molecule has 1 amide bonds. The molecule has 0 spiro atoms. The molecule has 0 saturated heterocycles. The Hall–Kier alpha value is -2.16. The maximum absolute atomic E-state index is 12.3. The number of pyridine rings is 1. The van der Waals surface area contributed by atoms with Crippen molar-refractivity contribution in [2.75, 3.05) is 0 Å². The van der Waals surface area contributed by atoms with Crippen molar-refractivity contribution in [3.8, 4) is 0 Å². The molecule has 1 aromatic carbocycles. The molecule has 0 fully saturated rings. The Kier molecular flexibility index (Phi) is 5.09. The first-order chi connectivity index (χ1) is 10.1. The predicted octanol–water partition coefficient (Wildman–Crippen LogP) is 3.77. The van der Waals surface area contributed by atoms with Gasteiger partial charge in [0.2, 0.25) is 0 Å². The molecule has 1 heterocycles. The van der Waals surface area contributed by atoms with Gasteiger partial charge in [0, 0.05) is 18.0 Å². The SMILES string of the molecule is CCc1ccc(C(NC(=O)c2ccncc2)C(C)C)cc1. The Morgan fingerprint density at radius 3 is 2.24 bits per heavy atom. The van der Waals surface area contributed by atoms with Gasteiger partial charge in [-0.2, -0.15) is 0 Å². The van der Waals surface area contributed by atoms with Crippen molar-refractivity contribution in [2.24, 2.45) is 5.92 Å². The van der Waals surface area contributed by atoms with E-state index in [9.17, 15) is 4.79 Å². The fourth-order valence-corrected chi connectivity index (χ4v) is 2.32. The molecule has 0 bridgehead atoms. The minimum atomic E-state index is -0.0596. The molecule has 0 aliphatic heterocycles. The van der Waals surface area contributed by atoms with Crippen LogP contribution in [-0.4, -0.2) is 10.9 Å². The number of aromatic nitrogens is 1. The lowest BCUT2D eigenvalue weighted by Gasteiger charge is -2.23. The fourth-order valence-electron chi connectivity index (χ4n) is 2.32. The summed E-state index contributed by atoms with van der Waals surface area (Å²) < 4.78 is 0. The summed E-state index contributed by atoms with van der Waals surface area (Å²) in [4.78, 5) is 16.3. The summed E-state index contributed by atoms with van der Waals surface area (Å²) in [6.45, 7) is 6.37. The summed E-state index contributed by atoms with van der Waals surface area (Å²) in [5.74, 6) is 0.263. The van der Waals surface area contributed by atoms with Crippen LogP contribution in [0.1, 0.15) is 48.3 Å². The first kappa shape index (κ1) is 15.2. The molecule has 0 saturated carbocycles. The molecule has 110 valence electrons. The second kappa shape index (κ2) is 7.02. The van der Waals surface area contributed by atoms with Crippen LogP contribution in [0.4, 0.5) is 0 Å². The van der Waals surface area contributed by atoms with Crippen LogP contribution in [0, 0.1) is 5.92 Å².